The summed E-state index contributed by atoms with van der Waals surface area (Å²) in [5.41, 5.74) is 2.06. The molecule has 1 nitrogen and oxygen atoms in total. The van der Waals surface area contributed by atoms with Crippen molar-refractivity contribution < 1.29 is 4.74 Å². The van der Waals surface area contributed by atoms with Gasteiger partial charge >= 0.3 is 0 Å². The van der Waals surface area contributed by atoms with Gasteiger partial charge in [-0.15, -0.1) is 6.42 Å². The number of aryl methyl sites for hydroxylation is 1. The molecule has 0 spiro atoms. The van der Waals surface area contributed by atoms with E-state index in [-0.39, 0.29) is 5.41 Å². The lowest BCUT2D eigenvalue weighted by Gasteiger charge is -2.19. The molecule has 0 N–H and O–H groups in total. The molecule has 74 valence electrons. The van der Waals surface area contributed by atoms with Crippen molar-refractivity contribution in [2.24, 2.45) is 0 Å². The first-order valence-electron chi connectivity index (χ1n) is 4.64. The van der Waals surface area contributed by atoms with Crippen LogP contribution >= 0.6 is 0 Å². The summed E-state index contributed by atoms with van der Waals surface area (Å²) < 4.78 is 5.19. The topological polar surface area (TPSA) is 9.23 Å². The number of ether oxygens (including phenoxy) is 1. The Morgan fingerprint density at radius 1 is 1.36 bits per heavy atom. The fraction of sp³-hybridized carbons (Fsp3) is 0.385. The first kappa shape index (κ1) is 10.7. The lowest BCUT2D eigenvalue weighted by atomic mass is 9.85. The van der Waals surface area contributed by atoms with Gasteiger partial charge in [-0.25, -0.2) is 0 Å². The van der Waals surface area contributed by atoms with Crippen LogP contribution in [0.4, 0.5) is 0 Å². The van der Waals surface area contributed by atoms with Crippen molar-refractivity contribution in [2.45, 2.75) is 26.2 Å². The first-order chi connectivity index (χ1) is 6.51. The molecule has 0 aliphatic heterocycles. The predicted molar refractivity (Wildman–Crippen MR) is 59.6 cm³/mol. The van der Waals surface area contributed by atoms with Crippen LogP contribution < -0.4 is 4.74 Å². The normalized spacial score (nSPS) is 10.8. The lowest BCUT2D eigenvalue weighted by molar-refractivity contribution is 0.411. The van der Waals surface area contributed by atoms with Gasteiger partial charge < -0.3 is 4.74 Å². The van der Waals surface area contributed by atoms with Gasteiger partial charge in [-0.2, -0.15) is 0 Å². The standard InChI is InChI=1S/C13H16O/c1-6-13(3,4)11-7-8-12(14-5)10(2)9-11/h1,7-9H,2-5H3. The minimum absolute atomic E-state index is 0.211. The van der Waals surface area contributed by atoms with Gasteiger partial charge in [0, 0.05) is 0 Å². The van der Waals surface area contributed by atoms with Crippen molar-refractivity contribution >= 4 is 0 Å². The van der Waals surface area contributed by atoms with E-state index in [1.54, 1.807) is 7.11 Å². The highest BCUT2D eigenvalue weighted by Crippen LogP contribution is 2.27. The number of benzene rings is 1. The zero-order valence-electron chi connectivity index (χ0n) is 9.22. The Labute approximate surface area is 86.1 Å². The van der Waals surface area contributed by atoms with Gasteiger partial charge in [-0.05, 0) is 38.0 Å². The summed E-state index contributed by atoms with van der Waals surface area (Å²) in [7, 11) is 1.67. The number of rotatable bonds is 2. The second-order valence-corrected chi connectivity index (χ2v) is 3.95. The molecule has 0 aliphatic carbocycles. The van der Waals surface area contributed by atoms with Gasteiger partial charge in [-0.1, -0.05) is 18.1 Å². The molecule has 1 aromatic rings. The molecule has 1 heteroatoms. The van der Waals surface area contributed by atoms with Crippen LogP contribution in [0.25, 0.3) is 0 Å². The van der Waals surface area contributed by atoms with Gasteiger partial charge in [0.1, 0.15) is 5.75 Å². The molecule has 0 aromatic heterocycles. The average Bonchev–Trinajstić information content (AvgIpc) is 2.17. The first-order valence-corrected chi connectivity index (χ1v) is 4.64. The van der Waals surface area contributed by atoms with Crippen molar-refractivity contribution in [3.63, 3.8) is 0 Å². The van der Waals surface area contributed by atoms with E-state index >= 15 is 0 Å². The summed E-state index contributed by atoms with van der Waals surface area (Å²) >= 11 is 0. The fourth-order valence-electron chi connectivity index (χ4n) is 1.35. The maximum Gasteiger partial charge on any atom is 0.121 e. The molecule has 0 bridgehead atoms. The third-order valence-electron chi connectivity index (χ3n) is 2.48. The summed E-state index contributed by atoms with van der Waals surface area (Å²) in [6.45, 7) is 6.09. The van der Waals surface area contributed by atoms with E-state index in [2.05, 4.69) is 12.0 Å². The molecule has 0 amide bonds. The molecule has 0 radical (unpaired) electrons. The molecule has 0 aliphatic rings. The summed E-state index contributed by atoms with van der Waals surface area (Å²) in [5.74, 6) is 3.69. The van der Waals surface area contributed by atoms with E-state index < -0.39 is 0 Å². The monoisotopic (exact) mass is 188 g/mol. The molecular formula is C13H16O. The van der Waals surface area contributed by atoms with E-state index in [9.17, 15) is 0 Å². The minimum Gasteiger partial charge on any atom is -0.496 e. The van der Waals surface area contributed by atoms with Crippen LogP contribution in [0.2, 0.25) is 0 Å². The Morgan fingerprint density at radius 2 is 2.00 bits per heavy atom. The van der Waals surface area contributed by atoms with Crippen molar-refractivity contribution in [2.75, 3.05) is 7.11 Å². The molecule has 0 unspecified atom stereocenters. The molecule has 0 fully saturated rings. The van der Waals surface area contributed by atoms with Gasteiger partial charge in [-0.3, -0.25) is 0 Å². The minimum atomic E-state index is -0.211. The molecule has 14 heavy (non-hydrogen) atoms. The van der Waals surface area contributed by atoms with E-state index in [4.69, 9.17) is 11.2 Å². The lowest BCUT2D eigenvalue weighted by Crippen LogP contribution is -2.13. The summed E-state index contributed by atoms with van der Waals surface area (Å²) in [4.78, 5) is 0. The van der Waals surface area contributed by atoms with Crippen molar-refractivity contribution in [1.29, 1.82) is 0 Å². The highest BCUT2D eigenvalue weighted by atomic mass is 16.5. The average molecular weight is 188 g/mol. The second-order valence-electron chi connectivity index (χ2n) is 3.95. The highest BCUT2D eigenvalue weighted by Gasteiger charge is 2.17. The van der Waals surface area contributed by atoms with Crippen molar-refractivity contribution in [3.8, 4) is 18.1 Å². The van der Waals surface area contributed by atoms with Crippen LogP contribution in [0.1, 0.15) is 25.0 Å². The molecule has 1 aromatic carbocycles. The summed E-state index contributed by atoms with van der Waals surface area (Å²) in [6, 6.07) is 6.06. The smallest absolute Gasteiger partial charge is 0.121 e. The second kappa shape index (κ2) is 3.75. The van der Waals surface area contributed by atoms with Crippen LogP contribution in [-0.2, 0) is 5.41 Å². The quantitative estimate of drug-likeness (QED) is 0.648. The van der Waals surface area contributed by atoms with Gasteiger partial charge in [0.15, 0.2) is 0 Å². The van der Waals surface area contributed by atoms with Crippen LogP contribution in [0.15, 0.2) is 18.2 Å². The molecule has 1 rings (SSSR count). The number of hydrogen-bond acceptors (Lipinski definition) is 1. The molecule has 0 saturated carbocycles. The number of terminal acetylenes is 1. The Morgan fingerprint density at radius 3 is 2.43 bits per heavy atom. The molecule has 0 saturated heterocycles. The Kier molecular flexibility index (Phi) is 2.86. The molecule has 0 atom stereocenters. The van der Waals surface area contributed by atoms with E-state index in [1.165, 1.54) is 0 Å². The van der Waals surface area contributed by atoms with Crippen molar-refractivity contribution in [3.05, 3.63) is 29.3 Å². The largest absolute Gasteiger partial charge is 0.496 e. The SMILES string of the molecule is C#CC(C)(C)c1ccc(OC)c(C)c1. The van der Waals surface area contributed by atoms with Crippen LogP contribution in [-0.4, -0.2) is 7.11 Å². The summed E-state index contributed by atoms with van der Waals surface area (Å²) in [5, 5.41) is 0. The van der Waals surface area contributed by atoms with E-state index in [1.807, 2.05) is 32.9 Å². The zero-order chi connectivity index (χ0) is 10.8. The number of methoxy groups -OCH3 is 1. The van der Waals surface area contributed by atoms with Gasteiger partial charge in [0.2, 0.25) is 0 Å². The van der Waals surface area contributed by atoms with Crippen molar-refractivity contribution in [1.82, 2.24) is 0 Å². The van der Waals surface area contributed by atoms with Crippen LogP contribution in [0, 0.1) is 19.3 Å². The van der Waals surface area contributed by atoms with Crippen LogP contribution in [0.5, 0.6) is 5.75 Å². The maximum absolute atomic E-state index is 5.48. The Hall–Kier alpha value is -1.42. The molecular weight excluding hydrogens is 172 g/mol. The number of hydrogen-bond donors (Lipinski definition) is 0. The third kappa shape index (κ3) is 1.90. The zero-order valence-corrected chi connectivity index (χ0v) is 9.22. The van der Waals surface area contributed by atoms with Gasteiger partial charge in [0.05, 0.1) is 12.5 Å². The third-order valence-corrected chi connectivity index (χ3v) is 2.48. The molecule has 0 heterocycles. The summed E-state index contributed by atoms with van der Waals surface area (Å²) in [6.07, 6.45) is 5.48. The van der Waals surface area contributed by atoms with Crippen LogP contribution in [0.3, 0.4) is 0 Å². The maximum atomic E-state index is 5.48. The highest BCUT2D eigenvalue weighted by molar-refractivity contribution is 5.41. The predicted octanol–water partition coefficient (Wildman–Crippen LogP) is 2.91. The van der Waals surface area contributed by atoms with E-state index in [0.29, 0.717) is 0 Å². The Bertz CT molecular complexity index is 369. The Balaban J connectivity index is 3.17. The van der Waals surface area contributed by atoms with Gasteiger partial charge in [0.25, 0.3) is 0 Å². The fourth-order valence-corrected chi connectivity index (χ4v) is 1.35. The van der Waals surface area contributed by atoms with E-state index in [0.717, 1.165) is 16.9 Å².